The fraction of sp³-hybridized carbons (Fsp3) is 0.385. The Hall–Kier alpha value is -2.04. The predicted octanol–water partition coefficient (Wildman–Crippen LogP) is 1.95. The highest BCUT2D eigenvalue weighted by Crippen LogP contribution is 2.52. The summed E-state index contributed by atoms with van der Waals surface area (Å²) in [6, 6.07) is 4.36. The molecule has 1 aromatic carbocycles. The van der Waals surface area contributed by atoms with Crippen molar-refractivity contribution >= 4 is 23.3 Å². The standard InChI is InChI=1S/C13H16N2O3/c1-13(2)6-9(13)11(16)15-10-5-7(14)3-4-8(10)12(17)18/h3-5,9H,6,14H2,1-2H3,(H,15,16)(H,17,18). The number of nitrogen functional groups attached to an aromatic ring is 1. The van der Waals surface area contributed by atoms with E-state index in [4.69, 9.17) is 10.8 Å². The molecule has 5 heteroatoms. The summed E-state index contributed by atoms with van der Waals surface area (Å²) in [5.74, 6) is -1.28. The summed E-state index contributed by atoms with van der Waals surface area (Å²) in [4.78, 5) is 23.0. The highest BCUT2D eigenvalue weighted by atomic mass is 16.4. The second-order valence-electron chi connectivity index (χ2n) is 5.34. The Bertz CT molecular complexity index is 523. The Morgan fingerprint density at radius 3 is 2.56 bits per heavy atom. The van der Waals surface area contributed by atoms with Crippen LogP contribution in [0.15, 0.2) is 18.2 Å². The molecule has 0 aliphatic heterocycles. The number of hydrogen-bond donors (Lipinski definition) is 3. The van der Waals surface area contributed by atoms with Gasteiger partial charge in [0.25, 0.3) is 0 Å². The zero-order valence-corrected chi connectivity index (χ0v) is 10.4. The van der Waals surface area contributed by atoms with Crippen LogP contribution >= 0.6 is 0 Å². The summed E-state index contributed by atoms with van der Waals surface area (Å²) in [6.45, 7) is 4.02. The van der Waals surface area contributed by atoms with Gasteiger partial charge in [0.2, 0.25) is 5.91 Å². The van der Waals surface area contributed by atoms with Crippen LogP contribution in [-0.4, -0.2) is 17.0 Å². The number of rotatable bonds is 3. The molecule has 0 radical (unpaired) electrons. The van der Waals surface area contributed by atoms with Crippen LogP contribution in [-0.2, 0) is 4.79 Å². The van der Waals surface area contributed by atoms with Crippen LogP contribution in [0.2, 0.25) is 0 Å². The van der Waals surface area contributed by atoms with Gasteiger partial charge < -0.3 is 16.2 Å². The Balaban J connectivity index is 2.21. The minimum Gasteiger partial charge on any atom is -0.478 e. The molecule has 0 bridgehead atoms. The number of carbonyl (C=O) groups is 2. The van der Waals surface area contributed by atoms with Crippen molar-refractivity contribution in [1.82, 2.24) is 0 Å². The van der Waals surface area contributed by atoms with Crippen molar-refractivity contribution in [2.45, 2.75) is 20.3 Å². The second-order valence-corrected chi connectivity index (χ2v) is 5.34. The summed E-state index contributed by atoms with van der Waals surface area (Å²) in [5, 5.41) is 11.7. The monoisotopic (exact) mass is 248 g/mol. The summed E-state index contributed by atoms with van der Waals surface area (Å²) >= 11 is 0. The molecule has 4 N–H and O–H groups in total. The minimum atomic E-state index is -1.08. The zero-order chi connectivity index (χ0) is 13.5. The molecule has 0 saturated heterocycles. The van der Waals surface area contributed by atoms with E-state index in [9.17, 15) is 9.59 Å². The fourth-order valence-corrected chi connectivity index (χ4v) is 1.99. The number of anilines is 2. The van der Waals surface area contributed by atoms with Crippen molar-refractivity contribution in [3.63, 3.8) is 0 Å². The quantitative estimate of drug-likeness (QED) is 0.713. The van der Waals surface area contributed by atoms with Crippen LogP contribution in [0.4, 0.5) is 11.4 Å². The van der Waals surface area contributed by atoms with Crippen molar-refractivity contribution < 1.29 is 14.7 Å². The lowest BCUT2D eigenvalue weighted by Gasteiger charge is -2.10. The van der Waals surface area contributed by atoms with Gasteiger partial charge >= 0.3 is 5.97 Å². The van der Waals surface area contributed by atoms with Crippen molar-refractivity contribution in [2.24, 2.45) is 11.3 Å². The molecule has 1 aromatic rings. The first-order valence-corrected chi connectivity index (χ1v) is 5.75. The van der Waals surface area contributed by atoms with Crippen LogP contribution in [0.25, 0.3) is 0 Å². The number of carboxylic acid groups (broad SMARTS) is 1. The van der Waals surface area contributed by atoms with Gasteiger partial charge in [0.05, 0.1) is 11.3 Å². The van der Waals surface area contributed by atoms with Gasteiger partial charge in [0.1, 0.15) is 0 Å². The third-order valence-electron chi connectivity index (χ3n) is 3.36. The smallest absolute Gasteiger partial charge is 0.337 e. The maximum Gasteiger partial charge on any atom is 0.337 e. The largest absolute Gasteiger partial charge is 0.478 e. The average molecular weight is 248 g/mol. The third kappa shape index (κ3) is 2.30. The minimum absolute atomic E-state index is 0.00773. The van der Waals surface area contributed by atoms with Crippen LogP contribution in [0.1, 0.15) is 30.6 Å². The molecule has 0 heterocycles. The van der Waals surface area contributed by atoms with Gasteiger partial charge in [-0.2, -0.15) is 0 Å². The van der Waals surface area contributed by atoms with E-state index in [0.29, 0.717) is 5.69 Å². The maximum atomic E-state index is 11.9. The molecule has 96 valence electrons. The van der Waals surface area contributed by atoms with Crippen molar-refractivity contribution in [3.05, 3.63) is 23.8 Å². The van der Waals surface area contributed by atoms with Crippen molar-refractivity contribution in [1.29, 1.82) is 0 Å². The Morgan fingerprint density at radius 2 is 2.06 bits per heavy atom. The van der Waals surface area contributed by atoms with Gasteiger partial charge in [0.15, 0.2) is 0 Å². The SMILES string of the molecule is CC1(C)CC1C(=O)Nc1cc(N)ccc1C(=O)O. The molecule has 5 nitrogen and oxygen atoms in total. The number of benzene rings is 1. The van der Waals surface area contributed by atoms with Gasteiger partial charge in [-0.1, -0.05) is 13.8 Å². The molecule has 1 fully saturated rings. The lowest BCUT2D eigenvalue weighted by Crippen LogP contribution is -2.18. The van der Waals surface area contributed by atoms with E-state index >= 15 is 0 Å². The number of hydrogen-bond acceptors (Lipinski definition) is 3. The molecular weight excluding hydrogens is 232 g/mol. The number of nitrogens with two attached hydrogens (primary N) is 1. The normalized spacial score (nSPS) is 20.2. The molecule has 1 saturated carbocycles. The lowest BCUT2D eigenvalue weighted by atomic mass is 10.1. The Labute approximate surface area is 105 Å². The third-order valence-corrected chi connectivity index (χ3v) is 3.36. The second kappa shape index (κ2) is 4.01. The van der Waals surface area contributed by atoms with Crippen LogP contribution in [0.3, 0.4) is 0 Å². The van der Waals surface area contributed by atoms with Gasteiger partial charge in [-0.05, 0) is 30.0 Å². The van der Waals surface area contributed by atoms with Crippen molar-refractivity contribution in [3.8, 4) is 0 Å². The summed E-state index contributed by atoms with van der Waals surface area (Å²) in [7, 11) is 0. The van der Waals surface area contributed by atoms with E-state index in [1.165, 1.54) is 18.2 Å². The van der Waals surface area contributed by atoms with Gasteiger partial charge in [-0.3, -0.25) is 4.79 Å². The molecule has 1 amide bonds. The van der Waals surface area contributed by atoms with Crippen LogP contribution in [0, 0.1) is 11.3 Å². The molecular formula is C13H16N2O3. The number of aromatic carboxylic acids is 1. The molecule has 2 rings (SSSR count). The fourth-order valence-electron chi connectivity index (χ4n) is 1.99. The van der Waals surface area contributed by atoms with Crippen molar-refractivity contribution in [2.75, 3.05) is 11.1 Å². The van der Waals surface area contributed by atoms with Crippen LogP contribution in [0.5, 0.6) is 0 Å². The lowest BCUT2D eigenvalue weighted by molar-refractivity contribution is -0.118. The van der Waals surface area contributed by atoms with E-state index < -0.39 is 5.97 Å². The molecule has 18 heavy (non-hydrogen) atoms. The molecule has 0 aromatic heterocycles. The van der Waals surface area contributed by atoms with E-state index in [1.54, 1.807) is 0 Å². The number of carbonyl (C=O) groups excluding carboxylic acids is 1. The first-order chi connectivity index (χ1) is 8.31. The number of nitrogens with one attached hydrogen (secondary N) is 1. The van der Waals surface area contributed by atoms with Gasteiger partial charge in [0, 0.05) is 11.6 Å². The van der Waals surface area contributed by atoms with E-state index in [2.05, 4.69) is 5.32 Å². The number of amides is 1. The Kier molecular flexibility index (Phi) is 2.77. The van der Waals surface area contributed by atoms with E-state index in [-0.39, 0.29) is 28.5 Å². The molecule has 1 aliphatic rings. The summed E-state index contributed by atoms with van der Waals surface area (Å²) in [6.07, 6.45) is 0.823. The topological polar surface area (TPSA) is 92.4 Å². The van der Waals surface area contributed by atoms with E-state index in [0.717, 1.165) is 6.42 Å². The highest BCUT2D eigenvalue weighted by molar-refractivity contribution is 6.02. The molecule has 0 spiro atoms. The summed E-state index contributed by atoms with van der Waals surface area (Å²) in [5.41, 5.74) is 6.34. The van der Waals surface area contributed by atoms with Crippen LogP contribution < -0.4 is 11.1 Å². The predicted molar refractivity (Wildman–Crippen MR) is 68.3 cm³/mol. The van der Waals surface area contributed by atoms with Gasteiger partial charge in [-0.15, -0.1) is 0 Å². The number of carboxylic acids is 1. The molecule has 1 unspecified atom stereocenters. The molecule has 1 aliphatic carbocycles. The van der Waals surface area contributed by atoms with Gasteiger partial charge in [-0.25, -0.2) is 4.79 Å². The first-order valence-electron chi connectivity index (χ1n) is 5.75. The highest BCUT2D eigenvalue weighted by Gasteiger charge is 2.50. The molecule has 1 atom stereocenters. The maximum absolute atomic E-state index is 11.9. The first kappa shape index (κ1) is 12.4. The Morgan fingerprint density at radius 1 is 1.44 bits per heavy atom. The average Bonchev–Trinajstić information content (AvgIpc) is 2.87. The zero-order valence-electron chi connectivity index (χ0n) is 10.4. The van der Waals surface area contributed by atoms with E-state index in [1.807, 2.05) is 13.8 Å². The summed E-state index contributed by atoms with van der Waals surface area (Å²) < 4.78 is 0.